The fourth-order valence-electron chi connectivity index (χ4n) is 2.79. The van der Waals surface area contributed by atoms with E-state index in [2.05, 4.69) is 31.9 Å². The third kappa shape index (κ3) is 4.31. The third-order valence-electron chi connectivity index (χ3n) is 4.01. The number of anilines is 2. The minimum Gasteiger partial charge on any atom is -0.332 e. The van der Waals surface area contributed by atoms with Crippen molar-refractivity contribution in [3.8, 4) is 0 Å². The van der Waals surface area contributed by atoms with Crippen LogP contribution in [0.2, 0.25) is 5.02 Å². The summed E-state index contributed by atoms with van der Waals surface area (Å²) in [6.45, 7) is 1.58. The molecular formula is C17H14BrClF3N3S. The van der Waals surface area contributed by atoms with E-state index in [0.29, 0.717) is 6.54 Å². The first kappa shape index (κ1) is 19.4. The van der Waals surface area contributed by atoms with Crippen LogP contribution >= 0.6 is 39.7 Å². The van der Waals surface area contributed by atoms with E-state index in [1.54, 1.807) is 0 Å². The lowest BCUT2D eigenvalue weighted by Crippen LogP contribution is -2.27. The number of benzene rings is 2. The van der Waals surface area contributed by atoms with Crippen molar-refractivity contribution in [2.45, 2.75) is 19.1 Å². The summed E-state index contributed by atoms with van der Waals surface area (Å²) in [7, 11) is 0. The Kier molecular flexibility index (Phi) is 5.76. The molecule has 1 aliphatic rings. The molecule has 3 rings (SSSR count). The van der Waals surface area contributed by atoms with Gasteiger partial charge < -0.3 is 16.0 Å². The van der Waals surface area contributed by atoms with Gasteiger partial charge in [0, 0.05) is 22.4 Å². The Labute approximate surface area is 167 Å². The van der Waals surface area contributed by atoms with Crippen molar-refractivity contribution in [3.05, 3.63) is 56.5 Å². The van der Waals surface area contributed by atoms with Crippen molar-refractivity contribution in [3.63, 3.8) is 0 Å². The highest BCUT2D eigenvalue weighted by Crippen LogP contribution is 2.36. The SMILES string of the molecule is FC(F)(F)c1cc(NC(=S)Nc2ccc(Br)c3c2CNCC3)ccc1Cl. The summed E-state index contributed by atoms with van der Waals surface area (Å²) in [6, 6.07) is 7.39. The number of alkyl halides is 3. The molecule has 2 aromatic rings. The lowest BCUT2D eigenvalue weighted by molar-refractivity contribution is -0.137. The van der Waals surface area contributed by atoms with Crippen LogP contribution in [0.4, 0.5) is 24.5 Å². The van der Waals surface area contributed by atoms with E-state index >= 15 is 0 Å². The Balaban J connectivity index is 1.78. The number of fused-ring (bicyclic) bond motifs is 1. The molecule has 3 N–H and O–H groups in total. The van der Waals surface area contributed by atoms with Crippen LogP contribution in [0.3, 0.4) is 0 Å². The maximum atomic E-state index is 13.0. The van der Waals surface area contributed by atoms with Gasteiger partial charge >= 0.3 is 6.18 Å². The topological polar surface area (TPSA) is 36.1 Å². The third-order valence-corrected chi connectivity index (χ3v) is 5.28. The summed E-state index contributed by atoms with van der Waals surface area (Å²) in [5.74, 6) is 0. The number of rotatable bonds is 2. The Morgan fingerprint density at radius 1 is 1.15 bits per heavy atom. The molecule has 0 atom stereocenters. The molecule has 138 valence electrons. The van der Waals surface area contributed by atoms with Crippen molar-refractivity contribution < 1.29 is 13.2 Å². The molecule has 2 aromatic carbocycles. The lowest BCUT2D eigenvalue weighted by atomic mass is 9.99. The van der Waals surface area contributed by atoms with Crippen LogP contribution < -0.4 is 16.0 Å². The molecule has 0 saturated heterocycles. The van der Waals surface area contributed by atoms with E-state index in [4.69, 9.17) is 23.8 Å². The highest BCUT2D eigenvalue weighted by molar-refractivity contribution is 9.10. The minimum absolute atomic E-state index is 0.204. The first-order valence-corrected chi connectivity index (χ1v) is 9.29. The largest absolute Gasteiger partial charge is 0.417 e. The van der Waals surface area contributed by atoms with Crippen molar-refractivity contribution in [1.29, 1.82) is 0 Å². The average Bonchev–Trinajstić information content (AvgIpc) is 2.58. The molecule has 3 nitrogen and oxygen atoms in total. The van der Waals surface area contributed by atoms with Gasteiger partial charge in [-0.25, -0.2) is 0 Å². The smallest absolute Gasteiger partial charge is 0.332 e. The zero-order chi connectivity index (χ0) is 18.9. The number of hydrogen-bond donors (Lipinski definition) is 3. The van der Waals surface area contributed by atoms with Gasteiger partial charge in [0.2, 0.25) is 0 Å². The molecule has 0 aromatic heterocycles. The molecule has 0 aliphatic carbocycles. The van der Waals surface area contributed by atoms with E-state index in [0.717, 1.165) is 34.8 Å². The maximum absolute atomic E-state index is 13.0. The number of hydrogen-bond acceptors (Lipinski definition) is 2. The summed E-state index contributed by atoms with van der Waals surface area (Å²) >= 11 is 14.4. The monoisotopic (exact) mass is 463 g/mol. The van der Waals surface area contributed by atoms with Gasteiger partial charge in [0.1, 0.15) is 0 Å². The normalized spacial score (nSPS) is 13.9. The van der Waals surface area contributed by atoms with Gasteiger partial charge in [0.25, 0.3) is 0 Å². The summed E-state index contributed by atoms with van der Waals surface area (Å²) in [6.07, 6.45) is -3.64. The zero-order valence-electron chi connectivity index (χ0n) is 13.3. The van der Waals surface area contributed by atoms with Crippen LogP contribution in [-0.4, -0.2) is 11.7 Å². The summed E-state index contributed by atoms with van der Waals surface area (Å²) in [5, 5.41) is 8.99. The molecule has 0 saturated carbocycles. The van der Waals surface area contributed by atoms with Crippen molar-refractivity contribution in [2.75, 3.05) is 17.2 Å². The van der Waals surface area contributed by atoms with Gasteiger partial charge in [-0.2, -0.15) is 13.2 Å². The van der Waals surface area contributed by atoms with E-state index in [-0.39, 0.29) is 15.8 Å². The molecule has 9 heteroatoms. The maximum Gasteiger partial charge on any atom is 0.417 e. The van der Waals surface area contributed by atoms with Crippen LogP contribution in [0, 0.1) is 0 Å². The molecule has 0 spiro atoms. The first-order chi connectivity index (χ1) is 12.3. The standard InChI is InChI=1S/C17H14BrClF3N3S/c18-13-2-4-15(11-8-23-6-5-10(11)13)25-16(26)24-9-1-3-14(19)12(7-9)17(20,21)22/h1-4,7,23H,5-6,8H2,(H2,24,25,26). The summed E-state index contributed by atoms with van der Waals surface area (Å²) in [5.41, 5.74) is 2.41. The van der Waals surface area contributed by atoms with Crippen LogP contribution in [0.1, 0.15) is 16.7 Å². The molecule has 0 bridgehead atoms. The van der Waals surface area contributed by atoms with Gasteiger partial charge in [-0.1, -0.05) is 27.5 Å². The Hall–Kier alpha value is -1.35. The van der Waals surface area contributed by atoms with E-state index in [9.17, 15) is 13.2 Å². The average molecular weight is 465 g/mol. The predicted octanol–water partition coefficient (Wildman–Crippen LogP) is 5.58. The highest BCUT2D eigenvalue weighted by atomic mass is 79.9. The molecule has 0 unspecified atom stereocenters. The van der Waals surface area contributed by atoms with E-state index in [1.165, 1.54) is 17.7 Å². The Morgan fingerprint density at radius 3 is 2.65 bits per heavy atom. The van der Waals surface area contributed by atoms with Gasteiger partial charge in [-0.3, -0.25) is 0 Å². The number of thiocarbonyl (C=S) groups is 1. The van der Waals surface area contributed by atoms with Crippen molar-refractivity contribution >= 4 is 56.2 Å². The highest BCUT2D eigenvalue weighted by Gasteiger charge is 2.33. The second kappa shape index (κ2) is 7.72. The fraction of sp³-hybridized carbons (Fsp3) is 0.235. The molecular weight excluding hydrogens is 451 g/mol. The van der Waals surface area contributed by atoms with Gasteiger partial charge in [0.05, 0.1) is 10.6 Å². The van der Waals surface area contributed by atoms with Crippen LogP contribution in [0.25, 0.3) is 0 Å². The molecule has 0 amide bonds. The number of halogens is 5. The molecule has 1 aliphatic heterocycles. The molecule has 1 heterocycles. The van der Waals surface area contributed by atoms with Crippen molar-refractivity contribution in [2.24, 2.45) is 0 Å². The fourth-order valence-corrected chi connectivity index (χ4v) is 3.81. The lowest BCUT2D eigenvalue weighted by Gasteiger charge is -2.23. The Bertz CT molecular complexity index is 858. The van der Waals surface area contributed by atoms with Gasteiger partial charge in [-0.05, 0) is 66.6 Å². The predicted molar refractivity (Wildman–Crippen MR) is 106 cm³/mol. The van der Waals surface area contributed by atoms with Crippen LogP contribution in [0.15, 0.2) is 34.8 Å². The van der Waals surface area contributed by atoms with Gasteiger partial charge in [-0.15, -0.1) is 0 Å². The number of nitrogens with one attached hydrogen (secondary N) is 3. The first-order valence-electron chi connectivity index (χ1n) is 7.71. The quantitative estimate of drug-likeness (QED) is 0.508. The minimum atomic E-state index is -4.53. The summed E-state index contributed by atoms with van der Waals surface area (Å²) < 4.78 is 39.9. The molecule has 0 fully saturated rings. The van der Waals surface area contributed by atoms with Crippen LogP contribution in [0.5, 0.6) is 0 Å². The van der Waals surface area contributed by atoms with Crippen molar-refractivity contribution in [1.82, 2.24) is 5.32 Å². The second-order valence-corrected chi connectivity index (χ2v) is 7.42. The van der Waals surface area contributed by atoms with Crippen LogP contribution in [-0.2, 0) is 19.1 Å². The second-order valence-electron chi connectivity index (χ2n) is 5.75. The zero-order valence-corrected chi connectivity index (χ0v) is 16.5. The molecule has 0 radical (unpaired) electrons. The van der Waals surface area contributed by atoms with E-state index in [1.807, 2.05) is 12.1 Å². The Morgan fingerprint density at radius 2 is 1.92 bits per heavy atom. The van der Waals surface area contributed by atoms with Gasteiger partial charge in [0.15, 0.2) is 5.11 Å². The molecule has 26 heavy (non-hydrogen) atoms. The van der Waals surface area contributed by atoms with E-state index < -0.39 is 11.7 Å². The summed E-state index contributed by atoms with van der Waals surface area (Å²) in [4.78, 5) is 0.